The summed E-state index contributed by atoms with van der Waals surface area (Å²) < 4.78 is 5.28. The lowest BCUT2D eigenvalue weighted by atomic mass is 9.32. The van der Waals surface area contributed by atoms with E-state index in [0.29, 0.717) is 0 Å². The lowest BCUT2D eigenvalue weighted by molar-refractivity contribution is 0.195. The highest BCUT2D eigenvalue weighted by atomic mass is 32.1. The first kappa shape index (κ1) is 56.8. The highest BCUT2D eigenvalue weighted by Gasteiger charge is 2.59. The van der Waals surface area contributed by atoms with Crippen LogP contribution < -0.4 is 31.1 Å². The van der Waals surface area contributed by atoms with Crippen molar-refractivity contribution in [3.8, 4) is 11.1 Å². The van der Waals surface area contributed by atoms with Gasteiger partial charge in [0.25, 0.3) is 6.71 Å². The Morgan fingerprint density at radius 1 is 0.380 bits per heavy atom. The van der Waals surface area contributed by atoms with Gasteiger partial charge in [-0.25, -0.2) is 0 Å². The van der Waals surface area contributed by atoms with Crippen LogP contribution in [0.1, 0.15) is 173 Å². The quantitative estimate of drug-likeness (QED) is 0.163. The third-order valence-corrected chi connectivity index (χ3v) is 26.7. The Bertz CT molecular complexity index is 5180. The van der Waals surface area contributed by atoms with E-state index in [4.69, 9.17) is 0 Å². The third-order valence-electron chi connectivity index (χ3n) is 24.5. The molecule has 92 heavy (non-hydrogen) atoms. The van der Waals surface area contributed by atoms with Crippen LogP contribution in [0.15, 0.2) is 188 Å². The van der Waals surface area contributed by atoms with Gasteiger partial charge in [-0.05, 0) is 194 Å². The molecule has 0 bridgehead atoms. The van der Waals surface area contributed by atoms with E-state index in [1.807, 2.05) is 22.7 Å². The summed E-state index contributed by atoms with van der Waals surface area (Å²) >= 11 is 3.86. The fraction of sp³-hybridized carbons (Fsp3) is 0.302. The molecule has 456 valence electrons. The monoisotopic (exact) mass is 1230 g/mol. The van der Waals surface area contributed by atoms with Crippen LogP contribution in [0.2, 0.25) is 0 Å². The zero-order chi connectivity index (χ0) is 63.1. The van der Waals surface area contributed by atoms with E-state index in [9.17, 15) is 0 Å². The SMILES string of the molecule is CC(C)(C)c1ccc(-c2ccc3c(c2)C2(C)CCCCC2(C)N3c2cc3c4c(c2)N(c2cccc5sc6ccccc6c25)c2cc5c(cc2B4c2cc4c(cc2N3c2cccc3sc6ccccc6c23)C(C)(C)CCC4(C)C)C(C)(C)c2ccccc2C5(C)C)cc1. The Hall–Kier alpha value is -7.90. The summed E-state index contributed by atoms with van der Waals surface area (Å²) in [5, 5.41) is 5.28. The molecule has 3 aliphatic heterocycles. The minimum absolute atomic E-state index is 0.0208. The number of benzene rings is 10. The van der Waals surface area contributed by atoms with Gasteiger partial charge in [-0.3, -0.25) is 0 Å². The molecular formula is C86H82BN3S2. The van der Waals surface area contributed by atoms with E-state index in [0.717, 1.165) is 25.7 Å². The minimum atomic E-state index is -0.277. The van der Waals surface area contributed by atoms with E-state index < -0.39 is 0 Å². The van der Waals surface area contributed by atoms with Crippen molar-refractivity contribution in [2.24, 2.45) is 0 Å². The second kappa shape index (κ2) is 18.9. The third kappa shape index (κ3) is 7.57. The summed E-state index contributed by atoms with van der Waals surface area (Å²) in [6.07, 6.45) is 6.92. The van der Waals surface area contributed by atoms with Gasteiger partial charge in [0.05, 0.1) is 16.9 Å². The molecule has 10 aromatic carbocycles. The number of hydrogen-bond donors (Lipinski definition) is 0. The second-order valence-corrected chi connectivity index (χ2v) is 34.4. The highest BCUT2D eigenvalue weighted by molar-refractivity contribution is 7.26. The molecule has 0 saturated heterocycles. The molecule has 1 saturated carbocycles. The molecule has 12 aromatic rings. The lowest BCUT2D eigenvalue weighted by Gasteiger charge is -2.52. The van der Waals surface area contributed by atoms with Gasteiger partial charge in [0.2, 0.25) is 0 Å². The Morgan fingerprint density at radius 3 is 1.42 bits per heavy atom. The molecule has 2 unspecified atom stereocenters. The fourth-order valence-corrected chi connectivity index (χ4v) is 21.3. The summed E-state index contributed by atoms with van der Waals surface area (Å²) in [5.41, 5.74) is 27.6. The average Bonchev–Trinajstić information content (AvgIpc) is 0.812. The summed E-state index contributed by atoms with van der Waals surface area (Å²) in [4.78, 5) is 8.50. The molecule has 5 heterocycles. The van der Waals surface area contributed by atoms with Crippen LogP contribution in [-0.2, 0) is 32.5 Å². The smallest absolute Gasteiger partial charge is 0.252 e. The molecule has 3 aliphatic carbocycles. The first-order valence-electron chi connectivity index (χ1n) is 34.1. The highest BCUT2D eigenvalue weighted by Crippen LogP contribution is 2.64. The van der Waals surface area contributed by atoms with Crippen LogP contribution in [0.4, 0.5) is 45.5 Å². The maximum Gasteiger partial charge on any atom is 0.252 e. The summed E-state index contributed by atoms with van der Waals surface area (Å²) in [6, 6.07) is 75.4. The van der Waals surface area contributed by atoms with Gasteiger partial charge in [0.15, 0.2) is 0 Å². The molecule has 18 rings (SSSR count). The molecule has 2 atom stereocenters. The minimum Gasteiger partial charge on any atom is -0.334 e. The van der Waals surface area contributed by atoms with Crippen molar-refractivity contribution in [1.29, 1.82) is 0 Å². The van der Waals surface area contributed by atoms with Gasteiger partial charge in [-0.1, -0.05) is 211 Å². The molecule has 0 spiro atoms. The Labute approximate surface area is 552 Å². The maximum atomic E-state index is 2.89. The predicted molar refractivity (Wildman–Crippen MR) is 399 cm³/mol. The van der Waals surface area contributed by atoms with Gasteiger partial charge >= 0.3 is 0 Å². The number of rotatable bonds is 4. The average molecular weight is 1230 g/mol. The van der Waals surface area contributed by atoms with Crippen LogP contribution in [0.3, 0.4) is 0 Å². The van der Waals surface area contributed by atoms with E-state index >= 15 is 0 Å². The summed E-state index contributed by atoms with van der Waals surface area (Å²) in [7, 11) is 0. The van der Waals surface area contributed by atoms with Gasteiger partial charge in [-0.15, -0.1) is 22.7 Å². The number of anilines is 8. The Kier molecular flexibility index (Phi) is 11.7. The van der Waals surface area contributed by atoms with Crippen LogP contribution in [-0.4, -0.2) is 12.3 Å². The Morgan fingerprint density at radius 2 is 0.859 bits per heavy atom. The first-order chi connectivity index (χ1) is 44.0. The van der Waals surface area contributed by atoms with E-state index in [1.54, 1.807) is 0 Å². The van der Waals surface area contributed by atoms with Gasteiger partial charge < -0.3 is 14.7 Å². The van der Waals surface area contributed by atoms with Crippen molar-refractivity contribution in [1.82, 2.24) is 0 Å². The predicted octanol–water partition coefficient (Wildman–Crippen LogP) is 22.5. The summed E-state index contributed by atoms with van der Waals surface area (Å²) in [5.74, 6) is 0. The van der Waals surface area contributed by atoms with E-state index in [2.05, 4.69) is 293 Å². The van der Waals surface area contributed by atoms with Crippen molar-refractivity contribution in [2.75, 3.05) is 14.7 Å². The molecule has 2 aromatic heterocycles. The zero-order valence-corrected chi connectivity index (χ0v) is 57.5. The molecular weight excluding hydrogens is 1150 g/mol. The summed E-state index contributed by atoms with van der Waals surface area (Å²) in [6.45, 7) is 32.2. The van der Waals surface area contributed by atoms with Crippen molar-refractivity contribution in [3.05, 3.63) is 233 Å². The van der Waals surface area contributed by atoms with Gasteiger partial charge in [-0.2, -0.15) is 0 Å². The number of nitrogens with zero attached hydrogens (tertiary/aromatic N) is 3. The number of thiophene rings is 2. The first-order valence-corrected chi connectivity index (χ1v) is 35.7. The van der Waals surface area contributed by atoms with Crippen LogP contribution in [0, 0.1) is 0 Å². The van der Waals surface area contributed by atoms with Crippen LogP contribution >= 0.6 is 22.7 Å². The molecule has 3 nitrogen and oxygen atoms in total. The molecule has 0 amide bonds. The molecule has 0 N–H and O–H groups in total. The molecule has 6 aliphatic rings. The van der Waals surface area contributed by atoms with Crippen molar-refractivity contribution in [3.63, 3.8) is 0 Å². The van der Waals surface area contributed by atoms with Crippen molar-refractivity contribution >= 4 is 132 Å². The largest absolute Gasteiger partial charge is 0.334 e. The number of fused-ring (bicyclic) bond motifs is 16. The van der Waals surface area contributed by atoms with E-state index in [1.165, 1.54) is 171 Å². The number of hydrogen-bond acceptors (Lipinski definition) is 5. The van der Waals surface area contributed by atoms with Crippen molar-refractivity contribution in [2.45, 2.75) is 167 Å². The van der Waals surface area contributed by atoms with Crippen molar-refractivity contribution < 1.29 is 0 Å². The fourth-order valence-electron chi connectivity index (χ4n) is 19.0. The lowest BCUT2D eigenvalue weighted by Crippen LogP contribution is -2.62. The van der Waals surface area contributed by atoms with E-state index in [-0.39, 0.29) is 44.7 Å². The molecule has 0 radical (unpaired) electrons. The second-order valence-electron chi connectivity index (χ2n) is 32.2. The molecule has 6 heteroatoms. The Balaban J connectivity index is 1.00. The van der Waals surface area contributed by atoms with Gasteiger partial charge in [0, 0.05) is 90.7 Å². The normalized spacial score (nSPS) is 21.0. The zero-order valence-electron chi connectivity index (χ0n) is 55.9. The van der Waals surface area contributed by atoms with Crippen LogP contribution in [0.5, 0.6) is 0 Å². The molecule has 1 fully saturated rings. The maximum absolute atomic E-state index is 2.89. The van der Waals surface area contributed by atoms with Crippen LogP contribution in [0.25, 0.3) is 51.5 Å². The standard InChI is InChI=1S/C86H82BN3S2/c1-80(2,3)53-37-34-51(35-38-53)52-36-39-66-63(44-52)85(12)40-20-21-41-86(85,13)90(66)54-45-71-79-72(46-54)89(68-29-23-33-76-78(68)56-25-15-19-31-74(56)92-76)70-50-62-61(83(8,9)57-26-16-17-27-58(57)84(62,10)11)48-65(70)87(79)64-47-59-60(82(6,7)43-42-81(59,4)5)49-69(64)88(71)67-28-22-32-75-77(67)55-24-14-18-30-73(55)91-75/h14-19,22-39,44-50H,20-21,40-43H2,1-13H3. The topological polar surface area (TPSA) is 9.72 Å². The van der Waals surface area contributed by atoms with Gasteiger partial charge in [0.1, 0.15) is 0 Å².